The van der Waals surface area contributed by atoms with E-state index in [-0.39, 0.29) is 23.9 Å². The van der Waals surface area contributed by atoms with Crippen molar-refractivity contribution in [2.75, 3.05) is 26.2 Å². The van der Waals surface area contributed by atoms with Gasteiger partial charge in [0.2, 0.25) is 5.91 Å². The molecule has 2 aliphatic rings. The van der Waals surface area contributed by atoms with E-state index >= 15 is 0 Å². The van der Waals surface area contributed by atoms with Crippen molar-refractivity contribution in [1.82, 2.24) is 15.1 Å². The Balaban J connectivity index is 1.64. The Morgan fingerprint density at radius 1 is 1.18 bits per heavy atom. The molecule has 28 heavy (non-hydrogen) atoms. The van der Waals surface area contributed by atoms with Crippen LogP contribution in [0.2, 0.25) is 0 Å². The van der Waals surface area contributed by atoms with Gasteiger partial charge in [0.25, 0.3) is 5.91 Å². The second-order valence-electron chi connectivity index (χ2n) is 8.15. The van der Waals surface area contributed by atoms with Crippen LogP contribution in [-0.4, -0.2) is 59.9 Å². The van der Waals surface area contributed by atoms with Crippen molar-refractivity contribution in [3.8, 4) is 0 Å². The summed E-state index contributed by atoms with van der Waals surface area (Å²) in [5.41, 5.74) is 0.385. The lowest BCUT2D eigenvalue weighted by molar-refractivity contribution is -0.129. The molecule has 2 amide bonds. The molecule has 2 fully saturated rings. The van der Waals surface area contributed by atoms with E-state index in [4.69, 9.17) is 0 Å². The lowest BCUT2D eigenvalue weighted by atomic mass is 9.94. The molecule has 1 aliphatic carbocycles. The fourth-order valence-corrected chi connectivity index (χ4v) is 4.39. The highest BCUT2D eigenvalue weighted by atomic mass is 19.1. The van der Waals surface area contributed by atoms with Crippen molar-refractivity contribution < 1.29 is 14.0 Å². The molecular formula is C22H32FN3O2. The Morgan fingerprint density at radius 3 is 2.46 bits per heavy atom. The van der Waals surface area contributed by atoms with Gasteiger partial charge in [-0.3, -0.25) is 14.5 Å². The average molecular weight is 390 g/mol. The van der Waals surface area contributed by atoms with Crippen LogP contribution in [0.25, 0.3) is 0 Å². The van der Waals surface area contributed by atoms with Gasteiger partial charge < -0.3 is 10.2 Å². The molecular weight excluding hydrogens is 357 g/mol. The minimum atomic E-state index is -0.396. The summed E-state index contributed by atoms with van der Waals surface area (Å²) in [5.74, 6) is -0.00574. The number of nitrogens with one attached hydrogen (secondary N) is 1. The molecule has 1 N–H and O–H groups in total. The molecule has 0 bridgehead atoms. The molecule has 5 nitrogen and oxygen atoms in total. The Labute approximate surface area is 167 Å². The summed E-state index contributed by atoms with van der Waals surface area (Å²) in [6, 6.07) is 5.91. The van der Waals surface area contributed by atoms with E-state index in [1.54, 1.807) is 17.0 Å². The molecule has 0 unspecified atom stereocenters. The molecule has 0 radical (unpaired) electrons. The van der Waals surface area contributed by atoms with Gasteiger partial charge in [0, 0.05) is 37.8 Å². The van der Waals surface area contributed by atoms with Gasteiger partial charge in [0.05, 0.1) is 6.04 Å². The number of carbonyl (C=O) groups excluding carboxylic acids is 2. The van der Waals surface area contributed by atoms with Gasteiger partial charge in [-0.1, -0.05) is 25.8 Å². The summed E-state index contributed by atoms with van der Waals surface area (Å²) in [5, 5.41) is 3.17. The fourth-order valence-electron chi connectivity index (χ4n) is 4.39. The predicted molar refractivity (Wildman–Crippen MR) is 108 cm³/mol. The standard InChI is InChI=1S/C22H32FN3O2/c1-3-16(2)24-21(27)20(17-7-4-5-8-17)25-11-13-26(14-12-25)22(28)18-9-6-10-19(23)15-18/h6,9-10,15-17,20H,3-5,7-8,11-14H2,1-2H3,(H,24,27)/t16-,20+/m1/s1. The third kappa shape index (κ3) is 4.90. The molecule has 1 aliphatic heterocycles. The van der Waals surface area contributed by atoms with Gasteiger partial charge in [-0.15, -0.1) is 0 Å². The van der Waals surface area contributed by atoms with E-state index in [0.717, 1.165) is 19.3 Å². The molecule has 1 aromatic carbocycles. The van der Waals surface area contributed by atoms with Gasteiger partial charge in [-0.2, -0.15) is 0 Å². The second-order valence-corrected chi connectivity index (χ2v) is 8.15. The Kier molecular flexibility index (Phi) is 7.05. The van der Waals surface area contributed by atoms with Crippen LogP contribution in [0.5, 0.6) is 0 Å². The first kappa shape index (κ1) is 20.8. The maximum absolute atomic E-state index is 13.4. The van der Waals surface area contributed by atoms with E-state index < -0.39 is 5.82 Å². The quantitative estimate of drug-likeness (QED) is 0.814. The zero-order valence-electron chi connectivity index (χ0n) is 17.0. The topological polar surface area (TPSA) is 52.7 Å². The average Bonchev–Trinajstić information content (AvgIpc) is 3.22. The van der Waals surface area contributed by atoms with Crippen molar-refractivity contribution in [2.45, 2.75) is 58.0 Å². The number of nitrogens with zero attached hydrogens (tertiary/aromatic N) is 2. The lowest BCUT2D eigenvalue weighted by Crippen LogP contribution is -2.58. The number of hydrogen-bond acceptors (Lipinski definition) is 3. The number of amides is 2. The zero-order chi connectivity index (χ0) is 20.1. The molecule has 1 heterocycles. The molecule has 0 aromatic heterocycles. The molecule has 6 heteroatoms. The minimum Gasteiger partial charge on any atom is -0.352 e. The Hall–Kier alpha value is -1.95. The number of rotatable bonds is 6. The van der Waals surface area contributed by atoms with E-state index in [2.05, 4.69) is 17.1 Å². The minimum absolute atomic E-state index is 0.108. The zero-order valence-corrected chi connectivity index (χ0v) is 17.0. The third-order valence-corrected chi connectivity index (χ3v) is 6.18. The fraction of sp³-hybridized carbons (Fsp3) is 0.636. The summed E-state index contributed by atoms with van der Waals surface area (Å²) < 4.78 is 13.4. The first-order chi connectivity index (χ1) is 13.5. The molecule has 154 valence electrons. The van der Waals surface area contributed by atoms with Crippen LogP contribution in [0.15, 0.2) is 24.3 Å². The van der Waals surface area contributed by atoms with E-state index in [1.165, 1.54) is 25.0 Å². The van der Waals surface area contributed by atoms with Crippen molar-refractivity contribution in [3.05, 3.63) is 35.6 Å². The predicted octanol–water partition coefficient (Wildman–Crippen LogP) is 3.06. The van der Waals surface area contributed by atoms with Gasteiger partial charge in [-0.05, 0) is 50.3 Å². The Bertz CT molecular complexity index is 682. The lowest BCUT2D eigenvalue weighted by Gasteiger charge is -2.41. The highest BCUT2D eigenvalue weighted by molar-refractivity contribution is 5.94. The first-order valence-electron chi connectivity index (χ1n) is 10.6. The molecule has 1 saturated carbocycles. The van der Waals surface area contributed by atoms with E-state index in [0.29, 0.717) is 37.7 Å². The molecule has 1 aromatic rings. The van der Waals surface area contributed by atoms with Crippen LogP contribution in [0.3, 0.4) is 0 Å². The van der Waals surface area contributed by atoms with Gasteiger partial charge in [0.1, 0.15) is 5.82 Å². The van der Waals surface area contributed by atoms with Crippen molar-refractivity contribution >= 4 is 11.8 Å². The normalized spacial score (nSPS) is 20.8. The highest BCUT2D eigenvalue weighted by Gasteiger charge is 2.37. The third-order valence-electron chi connectivity index (χ3n) is 6.18. The second kappa shape index (κ2) is 9.50. The van der Waals surface area contributed by atoms with Crippen LogP contribution >= 0.6 is 0 Å². The van der Waals surface area contributed by atoms with Gasteiger partial charge >= 0.3 is 0 Å². The van der Waals surface area contributed by atoms with Crippen LogP contribution < -0.4 is 5.32 Å². The first-order valence-corrected chi connectivity index (χ1v) is 10.6. The van der Waals surface area contributed by atoms with E-state index in [9.17, 15) is 14.0 Å². The molecule has 1 saturated heterocycles. The summed E-state index contributed by atoms with van der Waals surface area (Å²) in [6.07, 6.45) is 5.49. The summed E-state index contributed by atoms with van der Waals surface area (Å²) in [4.78, 5) is 29.7. The maximum Gasteiger partial charge on any atom is 0.254 e. The summed E-state index contributed by atoms with van der Waals surface area (Å²) in [7, 11) is 0. The monoisotopic (exact) mass is 389 g/mol. The summed E-state index contributed by atoms with van der Waals surface area (Å²) in [6.45, 7) is 6.60. The van der Waals surface area contributed by atoms with Crippen LogP contribution in [0.1, 0.15) is 56.3 Å². The number of piperazine rings is 1. The molecule has 3 rings (SSSR count). The molecule has 0 spiro atoms. The maximum atomic E-state index is 13.4. The van der Waals surface area contributed by atoms with Gasteiger partial charge in [0.15, 0.2) is 0 Å². The largest absolute Gasteiger partial charge is 0.352 e. The van der Waals surface area contributed by atoms with E-state index in [1.807, 2.05) is 6.92 Å². The Morgan fingerprint density at radius 2 is 1.86 bits per heavy atom. The van der Waals surface area contributed by atoms with Crippen LogP contribution in [0.4, 0.5) is 4.39 Å². The smallest absolute Gasteiger partial charge is 0.254 e. The van der Waals surface area contributed by atoms with Crippen LogP contribution in [0, 0.1) is 11.7 Å². The van der Waals surface area contributed by atoms with Crippen molar-refractivity contribution in [1.29, 1.82) is 0 Å². The molecule has 2 atom stereocenters. The van der Waals surface area contributed by atoms with Crippen LogP contribution in [-0.2, 0) is 4.79 Å². The number of halogens is 1. The summed E-state index contributed by atoms with van der Waals surface area (Å²) >= 11 is 0. The highest BCUT2D eigenvalue weighted by Crippen LogP contribution is 2.31. The van der Waals surface area contributed by atoms with Crippen molar-refractivity contribution in [2.24, 2.45) is 5.92 Å². The number of carbonyl (C=O) groups is 2. The number of hydrogen-bond donors (Lipinski definition) is 1. The number of benzene rings is 1. The SMILES string of the molecule is CC[C@@H](C)NC(=O)[C@H](C1CCCC1)N1CCN(C(=O)c2cccc(F)c2)CC1. The van der Waals surface area contributed by atoms with Gasteiger partial charge in [-0.25, -0.2) is 4.39 Å². The van der Waals surface area contributed by atoms with Crippen molar-refractivity contribution in [3.63, 3.8) is 0 Å².